The SMILES string of the molecule is CN1CCN(c2ccc(NC3=NC(N)C(C(=O)c4ccc(Cl)c(N([O-])C=O)c4)S3)cc2)CC1. The number of likely N-dealkylation sites (N-methyl/N-ethyl adjacent to an activating group) is 1. The molecule has 0 aliphatic carbocycles. The Hall–Kier alpha value is -2.63. The molecular formula is C22H24ClN6O3S-. The van der Waals surface area contributed by atoms with Crippen molar-refractivity contribution in [3.63, 3.8) is 0 Å². The number of ketones is 1. The molecule has 2 heterocycles. The summed E-state index contributed by atoms with van der Waals surface area (Å²) >= 11 is 7.19. The number of piperazine rings is 1. The van der Waals surface area contributed by atoms with Crippen molar-refractivity contribution in [1.82, 2.24) is 4.90 Å². The van der Waals surface area contributed by atoms with E-state index in [4.69, 9.17) is 17.3 Å². The van der Waals surface area contributed by atoms with E-state index in [2.05, 4.69) is 39.3 Å². The number of benzene rings is 2. The Morgan fingerprint density at radius 1 is 1.24 bits per heavy atom. The number of hydrogen-bond acceptors (Lipinski definition) is 9. The van der Waals surface area contributed by atoms with Crippen LogP contribution >= 0.6 is 23.4 Å². The fourth-order valence-corrected chi connectivity index (χ4v) is 4.94. The number of Topliss-reactive ketones (excluding diaryl/α,β-unsaturated/α-hetero) is 1. The summed E-state index contributed by atoms with van der Waals surface area (Å²) in [6, 6.07) is 12.3. The number of hydroxylamine groups is 1. The molecule has 11 heteroatoms. The first-order valence-electron chi connectivity index (χ1n) is 10.4. The average Bonchev–Trinajstić information content (AvgIpc) is 3.19. The van der Waals surface area contributed by atoms with Crippen molar-refractivity contribution in [3.05, 3.63) is 58.3 Å². The summed E-state index contributed by atoms with van der Waals surface area (Å²) in [6.45, 7) is 4.07. The van der Waals surface area contributed by atoms with Crippen LogP contribution in [0.5, 0.6) is 0 Å². The molecule has 174 valence electrons. The number of amides is 1. The summed E-state index contributed by atoms with van der Waals surface area (Å²) in [5.74, 6) is -0.296. The van der Waals surface area contributed by atoms with Gasteiger partial charge >= 0.3 is 0 Å². The molecule has 33 heavy (non-hydrogen) atoms. The minimum atomic E-state index is -0.747. The number of rotatable bonds is 6. The van der Waals surface area contributed by atoms with Gasteiger partial charge < -0.3 is 31.1 Å². The first-order valence-corrected chi connectivity index (χ1v) is 11.7. The van der Waals surface area contributed by atoms with Crippen LogP contribution in [0.15, 0.2) is 47.5 Å². The van der Waals surface area contributed by atoms with Gasteiger partial charge in [0.25, 0.3) is 0 Å². The Balaban J connectivity index is 1.40. The number of halogens is 1. The topological polar surface area (TPSA) is 117 Å². The molecule has 1 saturated heterocycles. The van der Waals surface area contributed by atoms with Gasteiger partial charge in [0.2, 0.25) is 6.41 Å². The molecule has 4 rings (SSSR count). The molecule has 0 saturated carbocycles. The average molecular weight is 488 g/mol. The van der Waals surface area contributed by atoms with Crippen LogP contribution in [0.1, 0.15) is 10.4 Å². The van der Waals surface area contributed by atoms with Crippen molar-refractivity contribution in [2.24, 2.45) is 10.7 Å². The number of nitrogens with one attached hydrogen (secondary N) is 1. The predicted molar refractivity (Wildman–Crippen MR) is 134 cm³/mol. The number of thioether (sulfide) groups is 1. The number of nitrogens with two attached hydrogens (primary N) is 1. The van der Waals surface area contributed by atoms with Crippen LogP contribution in [0.2, 0.25) is 5.02 Å². The maximum absolute atomic E-state index is 13.0. The molecule has 3 N–H and O–H groups in total. The Bertz CT molecular complexity index is 1060. The lowest BCUT2D eigenvalue weighted by Gasteiger charge is -2.34. The van der Waals surface area contributed by atoms with E-state index in [1.807, 2.05) is 12.1 Å². The number of hydrogen-bond donors (Lipinski definition) is 2. The Kier molecular flexibility index (Phi) is 7.20. The number of nitrogens with zero attached hydrogens (tertiary/aromatic N) is 4. The molecular weight excluding hydrogens is 464 g/mol. The summed E-state index contributed by atoms with van der Waals surface area (Å²) in [5, 5.41) is 14.9. The van der Waals surface area contributed by atoms with Crippen molar-refractivity contribution < 1.29 is 9.59 Å². The molecule has 2 atom stereocenters. The van der Waals surface area contributed by atoms with Crippen LogP contribution < -0.4 is 21.0 Å². The smallest absolute Gasteiger partial charge is 0.203 e. The van der Waals surface area contributed by atoms with Crippen LogP contribution in [-0.4, -0.2) is 66.9 Å². The van der Waals surface area contributed by atoms with E-state index >= 15 is 0 Å². The maximum Gasteiger partial charge on any atom is 0.203 e. The molecule has 2 aromatic rings. The van der Waals surface area contributed by atoms with Crippen LogP contribution in [0.4, 0.5) is 17.1 Å². The van der Waals surface area contributed by atoms with E-state index in [0.717, 1.165) is 31.9 Å². The van der Waals surface area contributed by atoms with Gasteiger partial charge in [-0.05, 0) is 49.5 Å². The van der Waals surface area contributed by atoms with Gasteiger partial charge in [0.05, 0.1) is 10.7 Å². The zero-order valence-electron chi connectivity index (χ0n) is 18.0. The van der Waals surface area contributed by atoms with Gasteiger partial charge in [-0.2, -0.15) is 0 Å². The van der Waals surface area contributed by atoms with Crippen molar-refractivity contribution in [2.75, 3.05) is 48.5 Å². The molecule has 0 radical (unpaired) electrons. The van der Waals surface area contributed by atoms with Crippen LogP contribution in [0.25, 0.3) is 0 Å². The third-order valence-electron chi connectivity index (χ3n) is 5.62. The predicted octanol–water partition coefficient (Wildman–Crippen LogP) is 2.60. The third kappa shape index (κ3) is 5.31. The summed E-state index contributed by atoms with van der Waals surface area (Å²) in [4.78, 5) is 32.9. The van der Waals surface area contributed by atoms with Gasteiger partial charge in [-0.3, -0.25) is 9.59 Å². The van der Waals surface area contributed by atoms with E-state index in [0.29, 0.717) is 5.17 Å². The summed E-state index contributed by atoms with van der Waals surface area (Å²) in [5.41, 5.74) is 8.27. The maximum atomic E-state index is 13.0. The standard InChI is InChI=1S/C22H24ClN6O3S/c1-27-8-10-28(11-9-27)16-5-3-15(4-6-16)25-22-26-21(24)20(33-22)19(31)14-2-7-17(23)18(12-14)29(32)13-30/h2-7,12-13,20-21H,8-11,24H2,1H3,(H,25,26)/q-1. The molecule has 2 aliphatic rings. The van der Waals surface area contributed by atoms with E-state index in [9.17, 15) is 14.8 Å². The van der Waals surface area contributed by atoms with Crippen molar-refractivity contribution >= 4 is 57.8 Å². The first kappa shape index (κ1) is 23.5. The van der Waals surface area contributed by atoms with Gasteiger partial charge in [0, 0.05) is 43.1 Å². The van der Waals surface area contributed by atoms with Gasteiger partial charge in [0.15, 0.2) is 11.0 Å². The van der Waals surface area contributed by atoms with Gasteiger partial charge in [0.1, 0.15) is 11.4 Å². The number of anilines is 3. The van der Waals surface area contributed by atoms with E-state index < -0.39 is 11.4 Å². The van der Waals surface area contributed by atoms with Crippen LogP contribution in [-0.2, 0) is 4.79 Å². The van der Waals surface area contributed by atoms with Crippen molar-refractivity contribution in [3.8, 4) is 0 Å². The highest BCUT2D eigenvalue weighted by molar-refractivity contribution is 8.15. The number of carbonyl (C=O) groups is 2. The normalized spacial score (nSPS) is 21.0. The fourth-order valence-electron chi connectivity index (χ4n) is 3.69. The highest BCUT2D eigenvalue weighted by Crippen LogP contribution is 2.32. The minimum Gasteiger partial charge on any atom is -0.752 e. The van der Waals surface area contributed by atoms with Crippen LogP contribution in [0.3, 0.4) is 0 Å². The summed E-state index contributed by atoms with van der Waals surface area (Å²) < 4.78 is 0. The summed E-state index contributed by atoms with van der Waals surface area (Å²) in [7, 11) is 2.13. The zero-order valence-corrected chi connectivity index (χ0v) is 19.6. The van der Waals surface area contributed by atoms with Crippen molar-refractivity contribution in [2.45, 2.75) is 11.4 Å². The molecule has 1 amide bonds. The third-order valence-corrected chi connectivity index (χ3v) is 7.12. The van der Waals surface area contributed by atoms with E-state index in [1.165, 1.54) is 35.6 Å². The van der Waals surface area contributed by atoms with E-state index in [-0.39, 0.29) is 33.5 Å². The highest BCUT2D eigenvalue weighted by atomic mass is 35.5. The van der Waals surface area contributed by atoms with Crippen molar-refractivity contribution in [1.29, 1.82) is 0 Å². The number of amidine groups is 1. The molecule has 2 unspecified atom stereocenters. The number of aliphatic imine (C=N–C) groups is 1. The van der Waals surface area contributed by atoms with Gasteiger partial charge in [-0.1, -0.05) is 23.4 Å². The van der Waals surface area contributed by atoms with Gasteiger partial charge in [-0.15, -0.1) is 0 Å². The zero-order chi connectivity index (χ0) is 23.5. The largest absolute Gasteiger partial charge is 0.752 e. The summed E-state index contributed by atoms with van der Waals surface area (Å²) in [6.07, 6.45) is -0.658. The molecule has 2 aromatic carbocycles. The second kappa shape index (κ2) is 10.1. The quantitative estimate of drug-likeness (QED) is 0.362. The Morgan fingerprint density at radius 3 is 2.61 bits per heavy atom. The highest BCUT2D eigenvalue weighted by Gasteiger charge is 2.34. The molecule has 9 nitrogen and oxygen atoms in total. The minimum absolute atomic E-state index is 0.0793. The van der Waals surface area contributed by atoms with Gasteiger partial charge in [-0.25, -0.2) is 4.99 Å². The Labute approximate surface area is 201 Å². The second-order valence-corrected chi connectivity index (χ2v) is 9.42. The monoisotopic (exact) mass is 487 g/mol. The first-order chi connectivity index (χ1) is 15.9. The molecule has 2 aliphatic heterocycles. The fraction of sp³-hybridized carbons (Fsp3) is 0.318. The lowest BCUT2D eigenvalue weighted by atomic mass is 10.1. The lowest BCUT2D eigenvalue weighted by molar-refractivity contribution is -0.106. The lowest BCUT2D eigenvalue weighted by Crippen LogP contribution is -2.44. The molecule has 0 spiro atoms. The molecule has 1 fully saturated rings. The number of carbonyl (C=O) groups excluding carboxylic acids is 2. The van der Waals surface area contributed by atoms with Crippen LogP contribution in [0, 0.1) is 5.21 Å². The Morgan fingerprint density at radius 2 is 1.94 bits per heavy atom. The molecule has 0 bridgehead atoms. The molecule has 0 aromatic heterocycles. The van der Waals surface area contributed by atoms with E-state index in [1.54, 1.807) is 0 Å². The second-order valence-electron chi connectivity index (χ2n) is 7.89.